The molecule has 3 rings (SSSR count). The van der Waals surface area contributed by atoms with Crippen LogP contribution in [0.1, 0.15) is 328 Å². The molecule has 12 N–H and O–H groups in total. The van der Waals surface area contributed by atoms with Crippen LogP contribution in [0.5, 0.6) is 0 Å². The number of amides is 1. The number of hydrogen-bond acceptors (Lipinski definition) is 18. The Morgan fingerprint density at radius 3 is 1.04 bits per heavy atom. The van der Waals surface area contributed by atoms with E-state index >= 15 is 0 Å². The number of hydrogen-bond donors (Lipinski definition) is 12. The Labute approximate surface area is 581 Å². The van der Waals surface area contributed by atoms with Crippen LogP contribution in [-0.4, -0.2) is 193 Å². The summed E-state index contributed by atoms with van der Waals surface area (Å²) >= 11 is 0. The quantitative estimate of drug-likeness (QED) is 0.0199. The van der Waals surface area contributed by atoms with E-state index in [2.05, 4.69) is 31.3 Å². The van der Waals surface area contributed by atoms with Crippen LogP contribution in [0.4, 0.5) is 0 Å². The Bertz CT molecular complexity index is 1830. The van der Waals surface area contributed by atoms with E-state index < -0.39 is 124 Å². The molecule has 19 nitrogen and oxygen atoms in total. The summed E-state index contributed by atoms with van der Waals surface area (Å²) in [6.45, 7) is 1.78. The van der Waals surface area contributed by atoms with Gasteiger partial charge in [-0.3, -0.25) is 4.79 Å². The lowest BCUT2D eigenvalue weighted by atomic mass is 9.96. The average molecular weight is 1370 g/mol. The van der Waals surface area contributed by atoms with Crippen molar-refractivity contribution in [1.82, 2.24) is 5.32 Å². The number of carbonyl (C=O) groups excluding carboxylic acids is 1. The summed E-state index contributed by atoms with van der Waals surface area (Å²) in [7, 11) is 0. The third-order valence-corrected chi connectivity index (χ3v) is 20.0. The molecule has 0 spiro atoms. The van der Waals surface area contributed by atoms with Gasteiger partial charge in [0.1, 0.15) is 73.2 Å². The third kappa shape index (κ3) is 39.1. The van der Waals surface area contributed by atoms with Gasteiger partial charge in [0, 0.05) is 6.42 Å². The molecule has 3 aliphatic rings. The number of rotatable bonds is 63. The molecular weight excluding hydrogens is 1230 g/mol. The van der Waals surface area contributed by atoms with Crippen LogP contribution >= 0.6 is 0 Å². The summed E-state index contributed by atoms with van der Waals surface area (Å²) in [5.74, 6) is -0.278. The molecule has 0 radical (unpaired) electrons. The van der Waals surface area contributed by atoms with Crippen LogP contribution in [0, 0.1) is 0 Å². The Balaban J connectivity index is 1.40. The lowest BCUT2D eigenvalue weighted by Crippen LogP contribution is -2.66. The summed E-state index contributed by atoms with van der Waals surface area (Å²) in [4.78, 5) is 13.5. The molecule has 0 saturated carbocycles. The normalized spacial score (nSPS) is 27.1. The highest BCUT2D eigenvalue weighted by atomic mass is 16.8. The highest BCUT2D eigenvalue weighted by Gasteiger charge is 2.53. The summed E-state index contributed by atoms with van der Waals surface area (Å²) in [6, 6.07) is -0.988. The van der Waals surface area contributed by atoms with E-state index in [9.17, 15) is 61.0 Å². The summed E-state index contributed by atoms with van der Waals surface area (Å²) in [5, 5.41) is 121. The zero-order valence-corrected chi connectivity index (χ0v) is 60.4. The zero-order valence-electron chi connectivity index (χ0n) is 60.4. The van der Waals surface area contributed by atoms with Gasteiger partial charge in [-0.05, 0) is 32.1 Å². The molecule has 566 valence electrons. The number of unbranched alkanes of at least 4 members (excludes halogenated alkanes) is 45. The molecule has 3 aliphatic heterocycles. The van der Waals surface area contributed by atoms with Crippen molar-refractivity contribution in [3.63, 3.8) is 0 Å². The molecular formula is C77H145NO18. The minimum atomic E-state index is -1.98. The molecule has 17 unspecified atom stereocenters. The smallest absolute Gasteiger partial charge is 0.220 e. The van der Waals surface area contributed by atoms with Crippen LogP contribution < -0.4 is 5.32 Å². The minimum Gasteiger partial charge on any atom is -0.394 e. The number of carbonyl (C=O) groups is 1. The SMILES string of the molecule is CCCCCCCCCCCCCCCCCCCCCCC/C=C/CC/C=C/C(O)C(COC1OC(CO)C(OC2OC(CO)C(OC3OC(CO)C(O)C(O)C3O)C(O)C2O)C(O)C1O)NC(=O)CCCCCCCCCCCCCCCCCCCCCCCCCC. The summed E-state index contributed by atoms with van der Waals surface area (Å²) in [6.07, 6.45) is 43.1. The molecule has 0 aromatic carbocycles. The first-order valence-electron chi connectivity index (χ1n) is 39.6. The average Bonchev–Trinajstić information content (AvgIpc) is 0.798. The molecule has 19 heteroatoms. The van der Waals surface area contributed by atoms with Crippen molar-refractivity contribution in [3.05, 3.63) is 24.3 Å². The van der Waals surface area contributed by atoms with E-state index in [-0.39, 0.29) is 18.9 Å². The maximum absolute atomic E-state index is 13.5. The predicted octanol–water partition coefficient (Wildman–Crippen LogP) is 12.6. The van der Waals surface area contributed by atoms with Crippen molar-refractivity contribution in [2.24, 2.45) is 0 Å². The standard InChI is InChI=1S/C77H145NO18/c1-3-5-7-9-11-13-15-17-19-21-23-25-27-29-30-31-32-34-36-38-40-42-44-46-48-50-52-54-61(82)60(78-65(83)55-53-51-49-47-45-43-41-39-37-35-33-28-26-24-22-20-18-16-14-12-10-8-6-4-2)59-91-75-71(89)68(86)73(63(57-80)93-75)96-77-72(90)69(87)74(64(58-81)94-77)95-76-70(88)67(85)66(84)62(56-79)92-76/h44,46,52,54,60-64,66-77,79-82,84-90H,3-43,45,47-51,53,55-59H2,1-2H3,(H,78,83)/b46-44+,54-52+. The number of aliphatic hydroxyl groups is 11. The van der Waals surface area contributed by atoms with Gasteiger partial charge in [0.05, 0.1) is 38.6 Å². The van der Waals surface area contributed by atoms with Gasteiger partial charge in [-0.1, -0.05) is 314 Å². The zero-order chi connectivity index (χ0) is 69.6. The molecule has 17 atom stereocenters. The Morgan fingerprint density at radius 2 is 0.667 bits per heavy atom. The number of allylic oxidation sites excluding steroid dienone is 3. The third-order valence-electron chi connectivity index (χ3n) is 20.0. The minimum absolute atomic E-state index is 0.241. The van der Waals surface area contributed by atoms with Gasteiger partial charge in [0.15, 0.2) is 18.9 Å². The second-order valence-corrected chi connectivity index (χ2v) is 28.5. The molecule has 3 heterocycles. The van der Waals surface area contributed by atoms with Crippen LogP contribution in [0.2, 0.25) is 0 Å². The van der Waals surface area contributed by atoms with Gasteiger partial charge in [-0.15, -0.1) is 0 Å². The number of ether oxygens (including phenoxy) is 6. The maximum Gasteiger partial charge on any atom is 0.220 e. The van der Waals surface area contributed by atoms with E-state index in [1.54, 1.807) is 6.08 Å². The number of aliphatic hydroxyl groups excluding tert-OH is 11. The van der Waals surface area contributed by atoms with Crippen molar-refractivity contribution >= 4 is 5.91 Å². The van der Waals surface area contributed by atoms with Crippen molar-refractivity contribution in [1.29, 1.82) is 0 Å². The lowest BCUT2D eigenvalue weighted by molar-refractivity contribution is -0.379. The molecule has 96 heavy (non-hydrogen) atoms. The second-order valence-electron chi connectivity index (χ2n) is 28.5. The molecule has 0 aromatic heterocycles. The van der Waals surface area contributed by atoms with E-state index in [0.717, 1.165) is 38.5 Å². The first kappa shape index (κ1) is 88.5. The van der Waals surface area contributed by atoms with E-state index in [0.29, 0.717) is 12.8 Å². The van der Waals surface area contributed by atoms with Crippen LogP contribution in [0.25, 0.3) is 0 Å². The van der Waals surface area contributed by atoms with Crippen molar-refractivity contribution in [3.8, 4) is 0 Å². The second kappa shape index (κ2) is 58.7. The van der Waals surface area contributed by atoms with E-state index in [1.807, 2.05) is 6.08 Å². The van der Waals surface area contributed by atoms with Crippen LogP contribution in [-0.2, 0) is 33.2 Å². The monoisotopic (exact) mass is 1370 g/mol. The predicted molar refractivity (Wildman–Crippen MR) is 379 cm³/mol. The van der Waals surface area contributed by atoms with Gasteiger partial charge >= 0.3 is 0 Å². The molecule has 1 amide bonds. The molecule has 0 bridgehead atoms. The lowest BCUT2D eigenvalue weighted by Gasteiger charge is -2.48. The largest absolute Gasteiger partial charge is 0.394 e. The molecule has 3 fully saturated rings. The fraction of sp³-hybridized carbons (Fsp3) is 0.935. The van der Waals surface area contributed by atoms with E-state index in [1.165, 1.54) is 257 Å². The Hall–Kier alpha value is -1.73. The van der Waals surface area contributed by atoms with Crippen molar-refractivity contribution < 1.29 is 89.4 Å². The fourth-order valence-corrected chi connectivity index (χ4v) is 13.6. The van der Waals surface area contributed by atoms with Crippen molar-refractivity contribution in [2.45, 2.75) is 433 Å². The highest BCUT2D eigenvalue weighted by molar-refractivity contribution is 5.76. The molecule has 3 saturated heterocycles. The van der Waals surface area contributed by atoms with Gasteiger partial charge in [-0.25, -0.2) is 0 Å². The summed E-state index contributed by atoms with van der Waals surface area (Å²) < 4.78 is 34.4. The first-order valence-corrected chi connectivity index (χ1v) is 39.6. The highest BCUT2D eigenvalue weighted by Crippen LogP contribution is 2.33. The Morgan fingerprint density at radius 1 is 0.365 bits per heavy atom. The number of nitrogens with one attached hydrogen (secondary N) is 1. The van der Waals surface area contributed by atoms with Crippen LogP contribution in [0.3, 0.4) is 0 Å². The van der Waals surface area contributed by atoms with Gasteiger partial charge in [-0.2, -0.15) is 0 Å². The van der Waals surface area contributed by atoms with Gasteiger partial charge in [0.2, 0.25) is 5.91 Å². The van der Waals surface area contributed by atoms with Gasteiger partial charge in [0.25, 0.3) is 0 Å². The van der Waals surface area contributed by atoms with Crippen molar-refractivity contribution in [2.75, 3.05) is 26.4 Å². The van der Waals surface area contributed by atoms with Crippen LogP contribution in [0.15, 0.2) is 24.3 Å². The molecule has 0 aromatic rings. The fourth-order valence-electron chi connectivity index (χ4n) is 13.6. The Kier molecular flexibility index (Phi) is 54.1. The van der Waals surface area contributed by atoms with Gasteiger partial charge < -0.3 is 89.9 Å². The van der Waals surface area contributed by atoms with E-state index in [4.69, 9.17) is 28.4 Å². The first-order chi connectivity index (χ1) is 46.8. The summed E-state index contributed by atoms with van der Waals surface area (Å²) in [5.41, 5.74) is 0. The topological polar surface area (TPSA) is 307 Å². The molecule has 0 aliphatic carbocycles. The maximum atomic E-state index is 13.5.